The first kappa shape index (κ1) is 19.1. The fourth-order valence-corrected chi connectivity index (χ4v) is 3.74. The lowest BCUT2D eigenvalue weighted by atomic mass is 9.95. The van der Waals surface area contributed by atoms with E-state index >= 15 is 0 Å². The zero-order valence-electron chi connectivity index (χ0n) is 16.7. The molecule has 1 aromatic heterocycles. The molecule has 0 bridgehead atoms. The summed E-state index contributed by atoms with van der Waals surface area (Å²) in [6.45, 7) is 0. The summed E-state index contributed by atoms with van der Waals surface area (Å²) in [4.78, 5) is 4.12. The van der Waals surface area contributed by atoms with Gasteiger partial charge in [0.25, 0.3) is 0 Å². The summed E-state index contributed by atoms with van der Waals surface area (Å²) in [5, 5.41) is 0. The smallest absolute Gasteiger partial charge is 0.162 e. The third-order valence-electron chi connectivity index (χ3n) is 5.31. The standard InChI is InChI=1S/C25H26N2O2/c1-28-24-11-8-20(17-25(24)29-22-4-2-3-5-22)23(16-18-12-14-27-15-13-18)19-6-9-21(26)10-7-19/h6-17,22H,2-5,26H2,1H3. The number of anilines is 1. The second kappa shape index (κ2) is 8.82. The molecule has 1 aliphatic carbocycles. The van der Waals surface area contributed by atoms with E-state index in [0.29, 0.717) is 0 Å². The molecule has 148 valence electrons. The second-order valence-corrected chi connectivity index (χ2v) is 7.35. The van der Waals surface area contributed by atoms with Crippen LogP contribution in [-0.2, 0) is 0 Å². The van der Waals surface area contributed by atoms with E-state index in [2.05, 4.69) is 23.2 Å². The van der Waals surface area contributed by atoms with Gasteiger partial charge in [-0.25, -0.2) is 0 Å². The number of benzene rings is 2. The van der Waals surface area contributed by atoms with Crippen LogP contribution in [0.5, 0.6) is 11.5 Å². The van der Waals surface area contributed by atoms with Crippen molar-refractivity contribution >= 4 is 17.3 Å². The largest absolute Gasteiger partial charge is 0.493 e. The van der Waals surface area contributed by atoms with Crippen LogP contribution in [0.4, 0.5) is 5.69 Å². The number of rotatable bonds is 6. The number of aromatic nitrogens is 1. The summed E-state index contributed by atoms with van der Waals surface area (Å²) in [5.41, 5.74) is 11.0. The zero-order valence-corrected chi connectivity index (χ0v) is 16.7. The monoisotopic (exact) mass is 386 g/mol. The first-order valence-electron chi connectivity index (χ1n) is 10.1. The molecule has 1 fully saturated rings. The third-order valence-corrected chi connectivity index (χ3v) is 5.31. The Morgan fingerprint density at radius 3 is 2.31 bits per heavy atom. The highest BCUT2D eigenvalue weighted by atomic mass is 16.5. The molecule has 4 rings (SSSR count). The van der Waals surface area contributed by atoms with Crippen molar-refractivity contribution in [1.29, 1.82) is 0 Å². The van der Waals surface area contributed by atoms with Gasteiger partial charge in [-0.2, -0.15) is 0 Å². The van der Waals surface area contributed by atoms with Crippen molar-refractivity contribution in [2.75, 3.05) is 12.8 Å². The molecule has 4 heteroatoms. The van der Waals surface area contributed by atoms with Gasteiger partial charge < -0.3 is 15.2 Å². The molecule has 3 aromatic rings. The van der Waals surface area contributed by atoms with Crippen molar-refractivity contribution < 1.29 is 9.47 Å². The Kier molecular flexibility index (Phi) is 5.80. The second-order valence-electron chi connectivity index (χ2n) is 7.35. The van der Waals surface area contributed by atoms with Crippen LogP contribution in [0.2, 0.25) is 0 Å². The number of pyridine rings is 1. The van der Waals surface area contributed by atoms with Crippen molar-refractivity contribution in [3.8, 4) is 11.5 Å². The van der Waals surface area contributed by atoms with Gasteiger partial charge in [0.15, 0.2) is 11.5 Å². The topological polar surface area (TPSA) is 57.4 Å². The molecule has 0 aliphatic heterocycles. The molecular formula is C25H26N2O2. The molecule has 4 nitrogen and oxygen atoms in total. The Bertz CT molecular complexity index is 975. The number of ether oxygens (including phenoxy) is 2. The minimum Gasteiger partial charge on any atom is -0.493 e. The SMILES string of the molecule is COc1ccc(C(=Cc2ccncc2)c2ccc(N)cc2)cc1OC1CCCC1. The summed E-state index contributed by atoms with van der Waals surface area (Å²) in [7, 11) is 1.68. The van der Waals surface area contributed by atoms with E-state index in [9.17, 15) is 0 Å². The molecule has 0 spiro atoms. The predicted octanol–water partition coefficient (Wildman–Crippen LogP) is 5.58. The highest BCUT2D eigenvalue weighted by Crippen LogP contribution is 2.36. The van der Waals surface area contributed by atoms with Gasteiger partial charge in [0, 0.05) is 18.1 Å². The Morgan fingerprint density at radius 2 is 1.62 bits per heavy atom. The van der Waals surface area contributed by atoms with E-state index < -0.39 is 0 Å². The van der Waals surface area contributed by atoms with Crippen molar-refractivity contribution in [3.05, 3.63) is 83.7 Å². The summed E-state index contributed by atoms with van der Waals surface area (Å²) in [6.07, 6.45) is 10.7. The summed E-state index contributed by atoms with van der Waals surface area (Å²) in [5.74, 6) is 1.56. The summed E-state index contributed by atoms with van der Waals surface area (Å²) >= 11 is 0. The van der Waals surface area contributed by atoms with Gasteiger partial charge in [-0.1, -0.05) is 18.2 Å². The van der Waals surface area contributed by atoms with Crippen LogP contribution in [0.25, 0.3) is 11.6 Å². The quantitative estimate of drug-likeness (QED) is 0.562. The Morgan fingerprint density at radius 1 is 0.931 bits per heavy atom. The minimum absolute atomic E-state index is 0.267. The van der Waals surface area contributed by atoms with Gasteiger partial charge in [-0.05, 0) is 90.4 Å². The van der Waals surface area contributed by atoms with Gasteiger partial charge in [-0.3, -0.25) is 4.98 Å². The molecule has 1 heterocycles. The maximum absolute atomic E-state index is 6.31. The fraction of sp³-hybridized carbons (Fsp3) is 0.240. The molecule has 2 N–H and O–H groups in total. The number of hydrogen-bond acceptors (Lipinski definition) is 4. The highest BCUT2D eigenvalue weighted by molar-refractivity contribution is 5.92. The molecule has 0 amide bonds. The Labute approximate surface area is 172 Å². The molecule has 1 aliphatic rings. The molecule has 0 atom stereocenters. The third kappa shape index (κ3) is 4.60. The maximum atomic E-state index is 6.31. The molecule has 0 unspecified atom stereocenters. The zero-order chi connectivity index (χ0) is 20.1. The van der Waals surface area contributed by atoms with Crippen LogP contribution >= 0.6 is 0 Å². The number of nitrogen functional groups attached to an aromatic ring is 1. The lowest BCUT2D eigenvalue weighted by molar-refractivity contribution is 0.201. The normalized spacial score (nSPS) is 14.7. The van der Waals surface area contributed by atoms with Crippen LogP contribution in [0.1, 0.15) is 42.4 Å². The van der Waals surface area contributed by atoms with Crippen LogP contribution in [0.15, 0.2) is 67.0 Å². The van der Waals surface area contributed by atoms with Gasteiger partial charge in [0.05, 0.1) is 13.2 Å². The van der Waals surface area contributed by atoms with Crippen LogP contribution in [-0.4, -0.2) is 18.2 Å². The van der Waals surface area contributed by atoms with Gasteiger partial charge in [0.2, 0.25) is 0 Å². The average Bonchev–Trinajstić information content (AvgIpc) is 3.27. The van der Waals surface area contributed by atoms with Crippen molar-refractivity contribution in [3.63, 3.8) is 0 Å². The summed E-state index contributed by atoms with van der Waals surface area (Å²) < 4.78 is 11.9. The molecule has 2 aromatic carbocycles. The van der Waals surface area contributed by atoms with Crippen LogP contribution in [0, 0.1) is 0 Å². The molecular weight excluding hydrogens is 360 g/mol. The predicted molar refractivity (Wildman–Crippen MR) is 118 cm³/mol. The van der Waals surface area contributed by atoms with E-state index in [-0.39, 0.29) is 6.10 Å². The van der Waals surface area contributed by atoms with E-state index in [1.54, 1.807) is 19.5 Å². The average molecular weight is 386 g/mol. The van der Waals surface area contributed by atoms with E-state index in [1.807, 2.05) is 42.5 Å². The minimum atomic E-state index is 0.267. The lowest BCUT2D eigenvalue weighted by Gasteiger charge is -2.18. The van der Waals surface area contributed by atoms with Gasteiger partial charge >= 0.3 is 0 Å². The molecule has 0 radical (unpaired) electrons. The first-order valence-corrected chi connectivity index (χ1v) is 10.1. The molecule has 29 heavy (non-hydrogen) atoms. The van der Waals surface area contributed by atoms with E-state index in [1.165, 1.54) is 12.8 Å². The summed E-state index contributed by atoms with van der Waals surface area (Å²) in [6, 6.07) is 18.1. The first-order chi connectivity index (χ1) is 14.2. The molecule has 1 saturated carbocycles. The number of methoxy groups -OCH3 is 1. The van der Waals surface area contributed by atoms with Crippen molar-refractivity contribution in [1.82, 2.24) is 4.98 Å². The van der Waals surface area contributed by atoms with Gasteiger partial charge in [0.1, 0.15) is 0 Å². The van der Waals surface area contributed by atoms with Crippen LogP contribution in [0.3, 0.4) is 0 Å². The Balaban J connectivity index is 1.77. The van der Waals surface area contributed by atoms with E-state index in [4.69, 9.17) is 15.2 Å². The Hall–Kier alpha value is -3.27. The molecule has 0 saturated heterocycles. The van der Waals surface area contributed by atoms with Crippen molar-refractivity contribution in [2.24, 2.45) is 0 Å². The number of nitrogens with two attached hydrogens (primary N) is 1. The number of hydrogen-bond donors (Lipinski definition) is 1. The fourth-order valence-electron chi connectivity index (χ4n) is 3.74. The maximum Gasteiger partial charge on any atom is 0.162 e. The van der Waals surface area contributed by atoms with Crippen LogP contribution < -0.4 is 15.2 Å². The van der Waals surface area contributed by atoms with Gasteiger partial charge in [-0.15, -0.1) is 0 Å². The van der Waals surface area contributed by atoms with E-state index in [0.717, 1.165) is 52.3 Å². The highest BCUT2D eigenvalue weighted by Gasteiger charge is 2.19. The lowest BCUT2D eigenvalue weighted by Crippen LogP contribution is -2.11. The van der Waals surface area contributed by atoms with Crippen molar-refractivity contribution in [2.45, 2.75) is 31.8 Å². The number of nitrogens with zero attached hydrogens (tertiary/aromatic N) is 1.